The fourth-order valence-electron chi connectivity index (χ4n) is 1.87. The van der Waals surface area contributed by atoms with Gasteiger partial charge in [0, 0.05) is 6.54 Å². The molecule has 0 aliphatic rings. The first-order chi connectivity index (χ1) is 8.82. The van der Waals surface area contributed by atoms with E-state index in [1.807, 2.05) is 17.9 Å². The van der Waals surface area contributed by atoms with Gasteiger partial charge in [-0.15, -0.1) is 0 Å². The number of hydrogen-bond acceptors (Lipinski definition) is 3. The Labute approximate surface area is 118 Å². The standard InChI is InChI=1S/C14H20ClNO3/c1-5-16(14(2,3)13(17)18)9-10-6-7-12(19-4)11(15)8-10/h6-8H,5,9H2,1-4H3,(H,17,18). The van der Waals surface area contributed by atoms with Crippen molar-refractivity contribution in [2.24, 2.45) is 0 Å². The Balaban J connectivity index is 2.93. The van der Waals surface area contributed by atoms with Crippen LogP contribution in [0.25, 0.3) is 0 Å². The van der Waals surface area contributed by atoms with E-state index in [0.29, 0.717) is 23.9 Å². The van der Waals surface area contributed by atoms with E-state index in [4.69, 9.17) is 16.3 Å². The predicted molar refractivity (Wildman–Crippen MR) is 75.8 cm³/mol. The molecular weight excluding hydrogens is 266 g/mol. The zero-order valence-corrected chi connectivity index (χ0v) is 12.5. The summed E-state index contributed by atoms with van der Waals surface area (Å²) < 4.78 is 5.10. The van der Waals surface area contributed by atoms with Crippen LogP contribution < -0.4 is 4.74 Å². The molecule has 1 rings (SSSR count). The van der Waals surface area contributed by atoms with Gasteiger partial charge in [-0.25, -0.2) is 0 Å². The van der Waals surface area contributed by atoms with E-state index in [2.05, 4.69) is 0 Å². The Bertz CT molecular complexity index is 460. The summed E-state index contributed by atoms with van der Waals surface area (Å²) in [5.74, 6) is -0.222. The van der Waals surface area contributed by atoms with Crippen LogP contribution in [0.2, 0.25) is 5.02 Å². The van der Waals surface area contributed by atoms with Gasteiger partial charge in [0.1, 0.15) is 11.3 Å². The van der Waals surface area contributed by atoms with Crippen molar-refractivity contribution in [1.29, 1.82) is 0 Å². The first-order valence-electron chi connectivity index (χ1n) is 6.13. The fourth-order valence-corrected chi connectivity index (χ4v) is 2.15. The lowest BCUT2D eigenvalue weighted by atomic mass is 10.0. The van der Waals surface area contributed by atoms with Crippen LogP contribution in [0, 0.1) is 0 Å². The smallest absolute Gasteiger partial charge is 0.323 e. The van der Waals surface area contributed by atoms with E-state index in [1.54, 1.807) is 33.1 Å². The molecule has 4 nitrogen and oxygen atoms in total. The Hall–Kier alpha value is -1.26. The molecule has 0 aromatic heterocycles. The minimum absolute atomic E-state index is 0.527. The highest BCUT2D eigenvalue weighted by atomic mass is 35.5. The second-order valence-electron chi connectivity index (χ2n) is 4.85. The first kappa shape index (κ1) is 15.8. The third kappa shape index (κ3) is 3.61. The summed E-state index contributed by atoms with van der Waals surface area (Å²) in [6, 6.07) is 5.49. The van der Waals surface area contributed by atoms with Crippen LogP contribution >= 0.6 is 11.6 Å². The molecule has 1 aromatic rings. The van der Waals surface area contributed by atoms with Gasteiger partial charge < -0.3 is 9.84 Å². The fraction of sp³-hybridized carbons (Fsp3) is 0.500. The molecule has 1 aromatic carbocycles. The molecule has 0 radical (unpaired) electrons. The Morgan fingerprint density at radius 1 is 1.47 bits per heavy atom. The van der Waals surface area contributed by atoms with Crippen LogP contribution in [0.5, 0.6) is 5.75 Å². The predicted octanol–water partition coefficient (Wildman–Crippen LogP) is 3.03. The van der Waals surface area contributed by atoms with Gasteiger partial charge in [0.05, 0.1) is 12.1 Å². The molecule has 0 amide bonds. The van der Waals surface area contributed by atoms with Gasteiger partial charge in [-0.3, -0.25) is 9.69 Å². The minimum atomic E-state index is -0.916. The molecule has 1 N–H and O–H groups in total. The van der Waals surface area contributed by atoms with E-state index in [9.17, 15) is 9.90 Å². The number of carbonyl (C=O) groups is 1. The molecule has 0 bridgehead atoms. The number of halogens is 1. The molecule has 0 spiro atoms. The normalized spacial score (nSPS) is 11.7. The molecule has 0 saturated heterocycles. The van der Waals surface area contributed by atoms with Crippen LogP contribution in [-0.4, -0.2) is 35.2 Å². The summed E-state index contributed by atoms with van der Waals surface area (Å²) in [7, 11) is 1.56. The third-order valence-electron chi connectivity index (χ3n) is 3.29. The minimum Gasteiger partial charge on any atom is -0.495 e. The van der Waals surface area contributed by atoms with Crippen molar-refractivity contribution >= 4 is 17.6 Å². The first-order valence-corrected chi connectivity index (χ1v) is 6.51. The van der Waals surface area contributed by atoms with Gasteiger partial charge in [0.15, 0.2) is 0 Å². The summed E-state index contributed by atoms with van der Waals surface area (Å²) in [6.45, 7) is 6.51. The van der Waals surface area contributed by atoms with Gasteiger partial charge in [-0.1, -0.05) is 24.6 Å². The largest absolute Gasteiger partial charge is 0.495 e. The molecule has 0 saturated carbocycles. The van der Waals surface area contributed by atoms with Crippen molar-refractivity contribution in [1.82, 2.24) is 4.90 Å². The molecule has 5 heteroatoms. The van der Waals surface area contributed by atoms with Crippen LogP contribution in [0.15, 0.2) is 18.2 Å². The lowest BCUT2D eigenvalue weighted by Crippen LogP contribution is -2.49. The van der Waals surface area contributed by atoms with E-state index in [0.717, 1.165) is 5.56 Å². The molecule has 0 heterocycles. The number of carboxylic acid groups (broad SMARTS) is 1. The lowest BCUT2D eigenvalue weighted by molar-refractivity contribution is -0.149. The van der Waals surface area contributed by atoms with Crippen LogP contribution in [0.1, 0.15) is 26.3 Å². The van der Waals surface area contributed by atoms with Crippen molar-refractivity contribution in [3.63, 3.8) is 0 Å². The lowest BCUT2D eigenvalue weighted by Gasteiger charge is -2.34. The summed E-state index contributed by atoms with van der Waals surface area (Å²) >= 11 is 6.07. The van der Waals surface area contributed by atoms with Crippen molar-refractivity contribution in [2.75, 3.05) is 13.7 Å². The summed E-state index contributed by atoms with van der Waals surface area (Å²) in [4.78, 5) is 13.2. The van der Waals surface area contributed by atoms with E-state index >= 15 is 0 Å². The van der Waals surface area contributed by atoms with E-state index in [-0.39, 0.29) is 0 Å². The summed E-state index contributed by atoms with van der Waals surface area (Å²) in [6.07, 6.45) is 0. The average molecular weight is 286 g/mol. The molecular formula is C14H20ClNO3. The van der Waals surface area contributed by atoms with E-state index in [1.165, 1.54) is 0 Å². The number of hydrogen-bond donors (Lipinski definition) is 1. The van der Waals surface area contributed by atoms with Crippen molar-refractivity contribution < 1.29 is 14.6 Å². The second kappa shape index (κ2) is 6.26. The highest BCUT2D eigenvalue weighted by Crippen LogP contribution is 2.26. The zero-order chi connectivity index (χ0) is 14.6. The number of aliphatic carboxylic acids is 1. The summed E-state index contributed by atoms with van der Waals surface area (Å²) in [5.41, 5.74) is 0.0446. The SMILES string of the molecule is CCN(Cc1ccc(OC)c(Cl)c1)C(C)(C)C(=O)O. The maximum Gasteiger partial charge on any atom is 0.323 e. The average Bonchev–Trinajstić information content (AvgIpc) is 2.35. The Kier molecular flexibility index (Phi) is 5.20. The van der Waals surface area contributed by atoms with Crippen molar-refractivity contribution in [3.05, 3.63) is 28.8 Å². The van der Waals surface area contributed by atoms with Gasteiger partial charge in [-0.2, -0.15) is 0 Å². The number of ether oxygens (including phenoxy) is 1. The van der Waals surface area contributed by atoms with Gasteiger partial charge in [-0.05, 0) is 38.1 Å². The zero-order valence-electron chi connectivity index (χ0n) is 11.7. The Morgan fingerprint density at radius 3 is 2.53 bits per heavy atom. The topological polar surface area (TPSA) is 49.8 Å². The van der Waals surface area contributed by atoms with Crippen molar-refractivity contribution in [3.8, 4) is 5.75 Å². The number of likely N-dealkylation sites (N-methyl/N-ethyl adjacent to an activating group) is 1. The molecule has 0 aliphatic carbocycles. The van der Waals surface area contributed by atoms with Crippen LogP contribution in [-0.2, 0) is 11.3 Å². The molecule has 19 heavy (non-hydrogen) atoms. The molecule has 0 fully saturated rings. The van der Waals surface area contributed by atoms with Crippen LogP contribution in [0.4, 0.5) is 0 Å². The molecule has 106 valence electrons. The monoisotopic (exact) mass is 285 g/mol. The molecule has 0 aliphatic heterocycles. The van der Waals surface area contributed by atoms with Gasteiger partial charge in [0.2, 0.25) is 0 Å². The third-order valence-corrected chi connectivity index (χ3v) is 3.58. The van der Waals surface area contributed by atoms with Gasteiger partial charge in [0.25, 0.3) is 0 Å². The number of methoxy groups -OCH3 is 1. The molecule has 0 unspecified atom stereocenters. The number of rotatable bonds is 6. The maximum absolute atomic E-state index is 11.3. The highest BCUT2D eigenvalue weighted by molar-refractivity contribution is 6.32. The van der Waals surface area contributed by atoms with E-state index < -0.39 is 11.5 Å². The highest BCUT2D eigenvalue weighted by Gasteiger charge is 2.33. The van der Waals surface area contributed by atoms with Crippen LogP contribution in [0.3, 0.4) is 0 Å². The quantitative estimate of drug-likeness (QED) is 0.873. The molecule has 0 atom stereocenters. The maximum atomic E-state index is 11.3. The second-order valence-corrected chi connectivity index (χ2v) is 5.25. The summed E-state index contributed by atoms with van der Waals surface area (Å²) in [5, 5.41) is 9.80. The van der Waals surface area contributed by atoms with Crippen molar-refractivity contribution in [2.45, 2.75) is 32.9 Å². The van der Waals surface area contributed by atoms with Gasteiger partial charge >= 0.3 is 5.97 Å². The Morgan fingerprint density at radius 2 is 2.11 bits per heavy atom. The number of carboxylic acids is 1. The number of nitrogens with zero attached hydrogens (tertiary/aromatic N) is 1. The number of benzene rings is 1.